The molecule has 0 heterocycles. The molecule has 0 aromatic carbocycles. The average molecular weight is 194 g/mol. The number of allylic oxidation sites excluding steroid dienone is 3. The summed E-state index contributed by atoms with van der Waals surface area (Å²) >= 11 is 0. The Kier molecular flexibility index (Phi) is 5.38. The van der Waals surface area contributed by atoms with Gasteiger partial charge in [-0.3, -0.25) is 0 Å². The predicted molar refractivity (Wildman–Crippen MR) is 62.2 cm³/mol. The fourth-order valence-electron chi connectivity index (χ4n) is 1.41. The van der Waals surface area contributed by atoms with E-state index in [-0.39, 0.29) is 0 Å². The van der Waals surface area contributed by atoms with Gasteiger partial charge in [0.25, 0.3) is 0 Å². The molecular formula is C12H22N2. The van der Waals surface area contributed by atoms with Crippen LogP contribution in [0.25, 0.3) is 0 Å². The second-order valence-electron chi connectivity index (χ2n) is 3.83. The monoisotopic (exact) mass is 194 g/mol. The van der Waals surface area contributed by atoms with Crippen molar-refractivity contribution in [3.63, 3.8) is 0 Å². The van der Waals surface area contributed by atoms with E-state index < -0.39 is 0 Å². The van der Waals surface area contributed by atoms with Crippen molar-refractivity contribution in [2.24, 2.45) is 0 Å². The van der Waals surface area contributed by atoms with Crippen molar-refractivity contribution in [2.75, 3.05) is 13.1 Å². The van der Waals surface area contributed by atoms with Gasteiger partial charge in [-0.15, -0.1) is 0 Å². The Balaban J connectivity index is 2.03. The van der Waals surface area contributed by atoms with E-state index in [1.165, 1.54) is 25.0 Å². The second-order valence-corrected chi connectivity index (χ2v) is 3.83. The molecule has 0 aromatic heterocycles. The van der Waals surface area contributed by atoms with Crippen LogP contribution in [-0.2, 0) is 0 Å². The van der Waals surface area contributed by atoms with Gasteiger partial charge in [-0.2, -0.15) is 0 Å². The zero-order valence-electron chi connectivity index (χ0n) is 9.34. The van der Waals surface area contributed by atoms with Gasteiger partial charge in [-0.1, -0.05) is 19.1 Å². The Bertz CT molecular complexity index is 206. The Hall–Kier alpha value is -0.760. The zero-order valence-corrected chi connectivity index (χ0v) is 9.34. The van der Waals surface area contributed by atoms with E-state index in [1.807, 2.05) is 0 Å². The molecule has 1 aliphatic rings. The van der Waals surface area contributed by atoms with Crippen LogP contribution in [0.3, 0.4) is 0 Å². The van der Waals surface area contributed by atoms with Crippen LogP contribution in [0.15, 0.2) is 23.9 Å². The normalized spacial score (nSPS) is 17.7. The summed E-state index contributed by atoms with van der Waals surface area (Å²) in [6, 6.07) is 0.632. The lowest BCUT2D eigenvalue weighted by molar-refractivity contribution is 0.529. The maximum absolute atomic E-state index is 3.46. The Morgan fingerprint density at radius 1 is 1.36 bits per heavy atom. The van der Waals surface area contributed by atoms with Gasteiger partial charge in [-0.25, -0.2) is 0 Å². The molecule has 0 bridgehead atoms. The summed E-state index contributed by atoms with van der Waals surface area (Å²) in [5, 5.41) is 6.87. The number of nitrogens with one attached hydrogen (secondary N) is 2. The predicted octanol–water partition coefficient (Wildman–Crippen LogP) is 2.20. The van der Waals surface area contributed by atoms with Crippen molar-refractivity contribution in [3.8, 4) is 0 Å². The second kappa shape index (κ2) is 6.66. The molecule has 0 aromatic rings. The van der Waals surface area contributed by atoms with Gasteiger partial charge in [0, 0.05) is 24.8 Å². The molecule has 1 unspecified atom stereocenters. The summed E-state index contributed by atoms with van der Waals surface area (Å²) in [6.45, 7) is 6.48. The van der Waals surface area contributed by atoms with Crippen LogP contribution in [0.2, 0.25) is 0 Å². The molecule has 2 N–H and O–H groups in total. The Morgan fingerprint density at radius 3 is 2.86 bits per heavy atom. The van der Waals surface area contributed by atoms with Crippen molar-refractivity contribution in [2.45, 2.75) is 39.2 Å². The molecule has 0 radical (unpaired) electrons. The summed E-state index contributed by atoms with van der Waals surface area (Å²) in [6.07, 6.45) is 10.2. The first-order valence-corrected chi connectivity index (χ1v) is 5.67. The number of hydrogen-bond acceptors (Lipinski definition) is 2. The zero-order chi connectivity index (χ0) is 10.2. The molecule has 2 heteroatoms. The van der Waals surface area contributed by atoms with Gasteiger partial charge < -0.3 is 10.6 Å². The van der Waals surface area contributed by atoms with Crippen LogP contribution in [0.4, 0.5) is 0 Å². The third-order valence-corrected chi connectivity index (χ3v) is 2.55. The van der Waals surface area contributed by atoms with E-state index in [1.54, 1.807) is 0 Å². The Morgan fingerprint density at radius 2 is 2.21 bits per heavy atom. The highest BCUT2D eigenvalue weighted by Crippen LogP contribution is 2.05. The van der Waals surface area contributed by atoms with Gasteiger partial charge >= 0.3 is 0 Å². The first-order chi connectivity index (χ1) is 6.83. The first kappa shape index (κ1) is 11.3. The van der Waals surface area contributed by atoms with Crippen molar-refractivity contribution < 1.29 is 0 Å². The van der Waals surface area contributed by atoms with Crippen molar-refractivity contribution in [3.05, 3.63) is 23.9 Å². The first-order valence-electron chi connectivity index (χ1n) is 5.67. The SMILES string of the molecule is CCC(C)NCCNC1=CCCC=C1. The maximum Gasteiger partial charge on any atom is 0.0296 e. The van der Waals surface area contributed by atoms with E-state index in [4.69, 9.17) is 0 Å². The van der Waals surface area contributed by atoms with E-state index in [9.17, 15) is 0 Å². The van der Waals surface area contributed by atoms with Crippen molar-refractivity contribution in [1.29, 1.82) is 0 Å². The van der Waals surface area contributed by atoms with Gasteiger partial charge in [0.1, 0.15) is 0 Å². The molecule has 0 saturated heterocycles. The molecule has 1 rings (SSSR count). The molecule has 2 nitrogen and oxygen atoms in total. The van der Waals surface area contributed by atoms with Crippen LogP contribution in [-0.4, -0.2) is 19.1 Å². The fourth-order valence-corrected chi connectivity index (χ4v) is 1.41. The average Bonchev–Trinajstić information content (AvgIpc) is 2.25. The third-order valence-electron chi connectivity index (χ3n) is 2.55. The maximum atomic E-state index is 3.46. The molecule has 80 valence electrons. The van der Waals surface area contributed by atoms with E-state index >= 15 is 0 Å². The fraction of sp³-hybridized carbons (Fsp3) is 0.667. The standard InChI is InChI=1S/C12H22N2/c1-3-11(2)13-9-10-14-12-7-5-4-6-8-12/h5,7-8,11,13-14H,3-4,6,9-10H2,1-2H3. The molecule has 1 aliphatic carbocycles. The van der Waals surface area contributed by atoms with Crippen LogP contribution in [0, 0.1) is 0 Å². The highest BCUT2D eigenvalue weighted by Gasteiger charge is 1.97. The summed E-state index contributed by atoms with van der Waals surface area (Å²) < 4.78 is 0. The van der Waals surface area contributed by atoms with Gasteiger partial charge in [0.15, 0.2) is 0 Å². The topological polar surface area (TPSA) is 24.1 Å². The molecular weight excluding hydrogens is 172 g/mol. The summed E-state index contributed by atoms with van der Waals surface area (Å²) in [5.41, 5.74) is 1.28. The molecule has 0 amide bonds. The molecule has 0 fully saturated rings. The Labute approximate surface area is 87.5 Å². The number of rotatable bonds is 6. The van der Waals surface area contributed by atoms with Crippen molar-refractivity contribution in [1.82, 2.24) is 10.6 Å². The lowest BCUT2D eigenvalue weighted by Gasteiger charge is -2.13. The van der Waals surface area contributed by atoms with Crippen LogP contribution >= 0.6 is 0 Å². The highest BCUT2D eigenvalue weighted by molar-refractivity contribution is 5.20. The smallest absolute Gasteiger partial charge is 0.0296 e. The molecule has 0 aliphatic heterocycles. The summed E-state index contributed by atoms with van der Waals surface area (Å²) in [4.78, 5) is 0. The van der Waals surface area contributed by atoms with E-state index in [2.05, 4.69) is 42.7 Å². The minimum Gasteiger partial charge on any atom is -0.384 e. The van der Waals surface area contributed by atoms with Gasteiger partial charge in [0.2, 0.25) is 0 Å². The minimum atomic E-state index is 0.632. The van der Waals surface area contributed by atoms with Crippen molar-refractivity contribution >= 4 is 0 Å². The summed E-state index contributed by atoms with van der Waals surface area (Å²) in [5.74, 6) is 0. The van der Waals surface area contributed by atoms with E-state index in [0.717, 1.165) is 13.1 Å². The van der Waals surface area contributed by atoms with Gasteiger partial charge in [0.05, 0.1) is 0 Å². The number of hydrogen-bond donors (Lipinski definition) is 2. The van der Waals surface area contributed by atoms with Crippen LogP contribution < -0.4 is 10.6 Å². The highest BCUT2D eigenvalue weighted by atomic mass is 15.0. The molecule has 14 heavy (non-hydrogen) atoms. The lowest BCUT2D eigenvalue weighted by atomic mass is 10.1. The quantitative estimate of drug-likeness (QED) is 0.633. The summed E-state index contributed by atoms with van der Waals surface area (Å²) in [7, 11) is 0. The lowest BCUT2D eigenvalue weighted by Crippen LogP contribution is -2.32. The largest absolute Gasteiger partial charge is 0.384 e. The third kappa shape index (κ3) is 4.47. The van der Waals surface area contributed by atoms with Crippen LogP contribution in [0.1, 0.15) is 33.1 Å². The molecule has 0 spiro atoms. The van der Waals surface area contributed by atoms with Gasteiger partial charge in [-0.05, 0) is 32.3 Å². The van der Waals surface area contributed by atoms with E-state index in [0.29, 0.717) is 6.04 Å². The molecule has 1 atom stereocenters. The minimum absolute atomic E-state index is 0.632. The molecule has 0 saturated carbocycles. The van der Waals surface area contributed by atoms with Crippen LogP contribution in [0.5, 0.6) is 0 Å².